The molecule has 3 rings (SSSR count). The van der Waals surface area contributed by atoms with E-state index in [1.165, 1.54) is 22.9 Å². The number of hydrogen-bond acceptors (Lipinski definition) is 3. The first-order valence-corrected chi connectivity index (χ1v) is 10.9. The van der Waals surface area contributed by atoms with Gasteiger partial charge in [0.1, 0.15) is 5.82 Å². The van der Waals surface area contributed by atoms with Gasteiger partial charge in [-0.2, -0.15) is 4.31 Å². The van der Waals surface area contributed by atoms with Gasteiger partial charge in [-0.05, 0) is 55.9 Å². The fourth-order valence-electron chi connectivity index (χ4n) is 3.95. The summed E-state index contributed by atoms with van der Waals surface area (Å²) < 4.78 is 39.7. The molecule has 0 aromatic heterocycles. The van der Waals surface area contributed by atoms with E-state index in [9.17, 15) is 17.6 Å². The number of nitrogens with zero attached hydrogens (tertiary/aromatic N) is 1. The molecular weight excluding hydrogens is 355 g/mol. The second-order valence-electron chi connectivity index (χ2n) is 7.51. The standard InChI is InChI=1S/C19H27FN2O3S/c1-14-4-2-3-5-18(14)21-19(23)15-10-12-22(13-11-15)26(24,25)17-8-6-16(20)7-9-17/h6-9,14-15,18H,2-5,10-13H2,1H3,(H,21,23)/t14-,18+/m0/s1. The van der Waals surface area contributed by atoms with E-state index in [2.05, 4.69) is 12.2 Å². The third kappa shape index (κ3) is 4.26. The summed E-state index contributed by atoms with van der Waals surface area (Å²) in [5.74, 6) is -0.0331. The van der Waals surface area contributed by atoms with E-state index in [0.717, 1.165) is 31.4 Å². The van der Waals surface area contributed by atoms with Gasteiger partial charge in [-0.1, -0.05) is 19.8 Å². The Labute approximate surface area is 155 Å². The molecule has 0 bridgehead atoms. The average molecular weight is 383 g/mol. The number of carbonyl (C=O) groups excluding carboxylic acids is 1. The van der Waals surface area contributed by atoms with Crippen molar-refractivity contribution in [2.45, 2.75) is 56.4 Å². The van der Waals surface area contributed by atoms with Gasteiger partial charge in [0.05, 0.1) is 4.90 Å². The van der Waals surface area contributed by atoms with E-state index in [4.69, 9.17) is 0 Å². The molecule has 1 amide bonds. The molecule has 1 aliphatic heterocycles. The second kappa shape index (κ2) is 8.05. The van der Waals surface area contributed by atoms with Gasteiger partial charge < -0.3 is 5.32 Å². The highest BCUT2D eigenvalue weighted by Crippen LogP contribution is 2.27. The van der Waals surface area contributed by atoms with Crippen molar-refractivity contribution in [1.82, 2.24) is 9.62 Å². The number of benzene rings is 1. The molecule has 0 spiro atoms. The maximum absolute atomic E-state index is 13.0. The molecule has 1 heterocycles. The number of piperidine rings is 1. The Kier molecular flexibility index (Phi) is 5.97. The van der Waals surface area contributed by atoms with E-state index >= 15 is 0 Å². The van der Waals surface area contributed by atoms with Crippen LogP contribution in [0.4, 0.5) is 4.39 Å². The molecule has 0 unspecified atom stereocenters. The fourth-order valence-corrected chi connectivity index (χ4v) is 5.41. The van der Waals surface area contributed by atoms with Gasteiger partial charge in [0, 0.05) is 25.0 Å². The smallest absolute Gasteiger partial charge is 0.243 e. The number of rotatable bonds is 4. The molecule has 1 saturated heterocycles. The van der Waals surface area contributed by atoms with Crippen LogP contribution >= 0.6 is 0 Å². The Morgan fingerprint density at radius 1 is 1.08 bits per heavy atom. The Balaban J connectivity index is 1.56. The van der Waals surface area contributed by atoms with Crippen molar-refractivity contribution in [3.63, 3.8) is 0 Å². The van der Waals surface area contributed by atoms with E-state index in [-0.39, 0.29) is 22.8 Å². The summed E-state index contributed by atoms with van der Waals surface area (Å²) in [7, 11) is -3.63. The molecule has 1 saturated carbocycles. The summed E-state index contributed by atoms with van der Waals surface area (Å²) >= 11 is 0. The van der Waals surface area contributed by atoms with Crippen LogP contribution in [0, 0.1) is 17.7 Å². The van der Waals surface area contributed by atoms with Crippen LogP contribution in [0.1, 0.15) is 45.4 Å². The summed E-state index contributed by atoms with van der Waals surface area (Å²) in [5.41, 5.74) is 0. The van der Waals surface area contributed by atoms with Gasteiger partial charge in [-0.25, -0.2) is 12.8 Å². The first kappa shape index (κ1) is 19.3. The normalized spacial score (nSPS) is 25.8. The van der Waals surface area contributed by atoms with Crippen molar-refractivity contribution in [3.8, 4) is 0 Å². The largest absolute Gasteiger partial charge is 0.353 e. The van der Waals surface area contributed by atoms with Crippen LogP contribution in [0.15, 0.2) is 29.2 Å². The summed E-state index contributed by atoms with van der Waals surface area (Å²) in [6.07, 6.45) is 5.61. The maximum atomic E-state index is 13.0. The SMILES string of the molecule is C[C@H]1CCCC[C@H]1NC(=O)C1CCN(S(=O)(=O)c2ccc(F)cc2)CC1. The molecule has 2 atom stereocenters. The van der Waals surface area contributed by atoms with Gasteiger partial charge >= 0.3 is 0 Å². The summed E-state index contributed by atoms with van der Waals surface area (Å²) in [4.78, 5) is 12.7. The zero-order valence-corrected chi connectivity index (χ0v) is 16.0. The summed E-state index contributed by atoms with van der Waals surface area (Å²) in [5, 5.41) is 3.18. The lowest BCUT2D eigenvalue weighted by Crippen LogP contribution is -2.47. The highest BCUT2D eigenvalue weighted by Gasteiger charge is 2.33. The minimum Gasteiger partial charge on any atom is -0.353 e. The number of nitrogens with one attached hydrogen (secondary N) is 1. The quantitative estimate of drug-likeness (QED) is 0.871. The topological polar surface area (TPSA) is 66.5 Å². The van der Waals surface area contributed by atoms with Crippen LogP contribution in [0.2, 0.25) is 0 Å². The number of sulfonamides is 1. The third-order valence-corrected chi connectivity index (χ3v) is 7.63. The zero-order chi connectivity index (χ0) is 18.7. The van der Waals surface area contributed by atoms with Crippen LogP contribution in [0.25, 0.3) is 0 Å². The molecule has 26 heavy (non-hydrogen) atoms. The van der Waals surface area contributed by atoms with Crippen molar-refractivity contribution in [2.75, 3.05) is 13.1 Å². The number of halogens is 1. The molecule has 1 aromatic carbocycles. The van der Waals surface area contributed by atoms with Crippen LogP contribution in [0.3, 0.4) is 0 Å². The van der Waals surface area contributed by atoms with Crippen molar-refractivity contribution >= 4 is 15.9 Å². The molecular formula is C19H27FN2O3S. The Bertz CT molecular complexity index is 728. The first-order chi connectivity index (χ1) is 12.4. The molecule has 2 aliphatic rings. The Morgan fingerprint density at radius 2 is 1.69 bits per heavy atom. The van der Waals surface area contributed by atoms with E-state index in [1.807, 2.05) is 0 Å². The Morgan fingerprint density at radius 3 is 2.31 bits per heavy atom. The number of hydrogen-bond donors (Lipinski definition) is 1. The third-order valence-electron chi connectivity index (χ3n) is 5.72. The van der Waals surface area contributed by atoms with E-state index in [0.29, 0.717) is 31.8 Å². The minimum absolute atomic E-state index is 0.0579. The summed E-state index contributed by atoms with van der Waals surface area (Å²) in [6.45, 7) is 2.82. The Hall–Kier alpha value is -1.47. The van der Waals surface area contributed by atoms with Crippen molar-refractivity contribution in [2.24, 2.45) is 11.8 Å². The van der Waals surface area contributed by atoms with Crippen LogP contribution in [0.5, 0.6) is 0 Å². The first-order valence-electron chi connectivity index (χ1n) is 9.44. The monoisotopic (exact) mass is 382 g/mol. The zero-order valence-electron chi connectivity index (χ0n) is 15.2. The lowest BCUT2D eigenvalue weighted by molar-refractivity contribution is -0.127. The van der Waals surface area contributed by atoms with Gasteiger partial charge in [0.15, 0.2) is 0 Å². The van der Waals surface area contributed by atoms with Crippen LogP contribution in [-0.2, 0) is 14.8 Å². The molecule has 1 aromatic rings. The van der Waals surface area contributed by atoms with Gasteiger partial charge in [-0.3, -0.25) is 4.79 Å². The summed E-state index contributed by atoms with van der Waals surface area (Å²) in [6, 6.07) is 5.12. The lowest BCUT2D eigenvalue weighted by Gasteiger charge is -2.34. The lowest BCUT2D eigenvalue weighted by atomic mass is 9.85. The molecule has 7 heteroatoms. The molecule has 0 radical (unpaired) electrons. The molecule has 1 aliphatic carbocycles. The predicted octanol–water partition coefficient (Wildman–Crippen LogP) is 2.92. The number of amides is 1. The maximum Gasteiger partial charge on any atom is 0.243 e. The van der Waals surface area contributed by atoms with Crippen molar-refractivity contribution < 1.29 is 17.6 Å². The predicted molar refractivity (Wildman–Crippen MR) is 97.4 cm³/mol. The van der Waals surface area contributed by atoms with Crippen molar-refractivity contribution in [1.29, 1.82) is 0 Å². The highest BCUT2D eigenvalue weighted by atomic mass is 32.2. The number of carbonyl (C=O) groups is 1. The average Bonchev–Trinajstić information content (AvgIpc) is 2.64. The minimum atomic E-state index is -3.63. The molecule has 1 N–H and O–H groups in total. The van der Waals surface area contributed by atoms with Gasteiger partial charge in [0.2, 0.25) is 15.9 Å². The van der Waals surface area contributed by atoms with Crippen molar-refractivity contribution in [3.05, 3.63) is 30.1 Å². The molecule has 144 valence electrons. The fraction of sp³-hybridized carbons (Fsp3) is 0.632. The van der Waals surface area contributed by atoms with E-state index in [1.54, 1.807) is 0 Å². The van der Waals surface area contributed by atoms with Gasteiger partial charge in [-0.15, -0.1) is 0 Å². The second-order valence-corrected chi connectivity index (χ2v) is 9.45. The highest BCUT2D eigenvalue weighted by molar-refractivity contribution is 7.89. The van der Waals surface area contributed by atoms with Crippen LogP contribution < -0.4 is 5.32 Å². The van der Waals surface area contributed by atoms with Crippen LogP contribution in [-0.4, -0.2) is 37.8 Å². The van der Waals surface area contributed by atoms with Gasteiger partial charge in [0.25, 0.3) is 0 Å². The van der Waals surface area contributed by atoms with E-state index < -0.39 is 15.8 Å². The molecule has 5 nitrogen and oxygen atoms in total. The molecule has 2 fully saturated rings.